The number of rotatable bonds is 8. The van der Waals surface area contributed by atoms with Crippen molar-refractivity contribution in [1.82, 2.24) is 0 Å². The summed E-state index contributed by atoms with van der Waals surface area (Å²) in [5.41, 5.74) is 0. The minimum absolute atomic E-state index is 0. The van der Waals surface area contributed by atoms with Crippen LogP contribution in [0.1, 0.15) is 52.4 Å². The van der Waals surface area contributed by atoms with Crippen LogP contribution in [0.4, 0.5) is 0 Å². The lowest BCUT2D eigenvalue weighted by molar-refractivity contribution is -1.08. The van der Waals surface area contributed by atoms with Crippen LogP contribution in [0.5, 0.6) is 0 Å². The van der Waals surface area contributed by atoms with E-state index in [2.05, 4.69) is 13.8 Å². The summed E-state index contributed by atoms with van der Waals surface area (Å²) in [5.74, 6) is 0. The SMILES string of the molecule is CCCCC[N+]12CC[N+](CCCCC)(CC1)CC2.[Cl-].[Cl-]. The van der Waals surface area contributed by atoms with Gasteiger partial charge in [0.2, 0.25) is 0 Å². The predicted octanol–water partition coefficient (Wildman–Crippen LogP) is -2.96. The Bertz CT molecular complexity index is 208. The topological polar surface area (TPSA) is 0 Å². The third-order valence-corrected chi connectivity index (χ3v) is 5.62. The summed E-state index contributed by atoms with van der Waals surface area (Å²) in [6, 6.07) is 0. The molecule has 3 heterocycles. The maximum atomic E-state index is 2.32. The summed E-state index contributed by atoms with van der Waals surface area (Å²) >= 11 is 0. The smallest absolute Gasteiger partial charge is 0.129 e. The van der Waals surface area contributed by atoms with Crippen molar-refractivity contribution in [3.8, 4) is 0 Å². The molecule has 0 atom stereocenters. The van der Waals surface area contributed by atoms with Crippen LogP contribution < -0.4 is 24.8 Å². The van der Waals surface area contributed by atoms with Crippen molar-refractivity contribution in [2.45, 2.75) is 52.4 Å². The van der Waals surface area contributed by atoms with Crippen LogP contribution in [0, 0.1) is 0 Å². The van der Waals surface area contributed by atoms with Crippen molar-refractivity contribution in [2.75, 3.05) is 52.4 Å². The van der Waals surface area contributed by atoms with E-state index in [-0.39, 0.29) is 24.8 Å². The average molecular weight is 325 g/mol. The summed E-state index contributed by atoms with van der Waals surface area (Å²) in [6.07, 6.45) is 8.56. The van der Waals surface area contributed by atoms with Crippen molar-refractivity contribution in [2.24, 2.45) is 0 Å². The fourth-order valence-electron chi connectivity index (χ4n) is 4.01. The zero-order valence-corrected chi connectivity index (χ0v) is 15.1. The van der Waals surface area contributed by atoms with Gasteiger partial charge in [-0.05, 0) is 25.7 Å². The lowest BCUT2D eigenvalue weighted by atomic mass is 10.0. The first-order chi connectivity index (χ1) is 8.74. The van der Waals surface area contributed by atoms with Gasteiger partial charge in [0.05, 0.1) is 13.1 Å². The molecule has 0 unspecified atom stereocenters. The molecule has 2 bridgehead atoms. The summed E-state index contributed by atoms with van der Waals surface area (Å²) < 4.78 is 2.96. The maximum Gasteiger partial charge on any atom is 0.129 e. The number of fused-ring (bicyclic) bond motifs is 3. The Morgan fingerprint density at radius 1 is 0.550 bits per heavy atom. The molecule has 0 amide bonds. The van der Waals surface area contributed by atoms with Crippen molar-refractivity contribution in [3.63, 3.8) is 0 Å². The first kappa shape index (κ1) is 20.5. The van der Waals surface area contributed by atoms with Gasteiger partial charge in [0.15, 0.2) is 0 Å². The van der Waals surface area contributed by atoms with Gasteiger partial charge in [0.1, 0.15) is 39.3 Å². The number of piperazine rings is 3. The zero-order chi connectivity index (χ0) is 12.9. The van der Waals surface area contributed by atoms with Crippen molar-refractivity contribution in [1.29, 1.82) is 0 Å². The van der Waals surface area contributed by atoms with E-state index in [1.807, 2.05) is 0 Å². The van der Waals surface area contributed by atoms with Gasteiger partial charge in [-0.3, -0.25) is 0 Å². The molecule has 3 aliphatic heterocycles. The molecule has 0 spiro atoms. The highest BCUT2D eigenvalue weighted by atomic mass is 35.5. The molecule has 3 rings (SSSR count). The second-order valence-corrected chi connectivity index (χ2v) is 6.89. The average Bonchev–Trinajstić information content (AvgIpc) is 2.42. The molecule has 0 radical (unpaired) electrons. The Morgan fingerprint density at radius 3 is 1.10 bits per heavy atom. The molecule has 0 aliphatic carbocycles. The predicted molar refractivity (Wildman–Crippen MR) is 78.5 cm³/mol. The van der Waals surface area contributed by atoms with E-state index in [1.54, 1.807) is 0 Å². The minimum atomic E-state index is 0. The normalized spacial score (nSPS) is 31.5. The van der Waals surface area contributed by atoms with E-state index in [1.165, 1.54) is 99.8 Å². The van der Waals surface area contributed by atoms with E-state index in [0.717, 1.165) is 0 Å². The van der Waals surface area contributed by atoms with Crippen LogP contribution in [0.15, 0.2) is 0 Å². The molecule has 2 nitrogen and oxygen atoms in total. The Labute approximate surface area is 138 Å². The summed E-state index contributed by atoms with van der Waals surface area (Å²) in [7, 11) is 0. The van der Waals surface area contributed by atoms with Crippen LogP contribution in [-0.4, -0.2) is 61.3 Å². The van der Waals surface area contributed by atoms with E-state index >= 15 is 0 Å². The summed E-state index contributed by atoms with van der Waals surface area (Å²) in [4.78, 5) is 0. The molecule has 0 N–H and O–H groups in total. The van der Waals surface area contributed by atoms with Gasteiger partial charge in [-0.1, -0.05) is 26.7 Å². The monoisotopic (exact) mass is 324 g/mol. The molecule has 4 heteroatoms. The van der Waals surface area contributed by atoms with Gasteiger partial charge in [-0.15, -0.1) is 0 Å². The van der Waals surface area contributed by atoms with Crippen LogP contribution >= 0.6 is 0 Å². The zero-order valence-electron chi connectivity index (χ0n) is 13.5. The molecule has 3 fully saturated rings. The first-order valence-corrected chi connectivity index (χ1v) is 8.44. The van der Waals surface area contributed by atoms with Crippen molar-refractivity contribution in [3.05, 3.63) is 0 Å². The lowest BCUT2D eigenvalue weighted by Gasteiger charge is -2.55. The van der Waals surface area contributed by atoms with Gasteiger partial charge in [0, 0.05) is 0 Å². The van der Waals surface area contributed by atoms with Gasteiger partial charge in [0.25, 0.3) is 0 Å². The highest BCUT2D eigenvalue weighted by Gasteiger charge is 2.47. The van der Waals surface area contributed by atoms with Crippen LogP contribution in [0.3, 0.4) is 0 Å². The van der Waals surface area contributed by atoms with Gasteiger partial charge in [-0.25, -0.2) is 0 Å². The van der Waals surface area contributed by atoms with Gasteiger partial charge >= 0.3 is 0 Å². The molecule has 3 saturated heterocycles. The molecule has 0 aromatic heterocycles. The highest BCUT2D eigenvalue weighted by molar-refractivity contribution is 4.62. The maximum absolute atomic E-state index is 2.32. The van der Waals surface area contributed by atoms with E-state index in [4.69, 9.17) is 0 Å². The Balaban J connectivity index is 0.00000180. The largest absolute Gasteiger partial charge is 1.00 e. The standard InChI is InChI=1S/C16H34N2.2ClH/c1-3-5-7-9-17-11-14-18(15-12-17,16-13-17)10-8-6-4-2;;/h3-16H2,1-2H3;2*1H/q+2;;/p-2. The number of nitrogens with zero attached hydrogens (tertiary/aromatic N) is 2. The van der Waals surface area contributed by atoms with Crippen molar-refractivity contribution < 1.29 is 33.8 Å². The highest BCUT2D eigenvalue weighted by Crippen LogP contribution is 2.27. The summed E-state index contributed by atoms with van der Waals surface area (Å²) in [5, 5.41) is 0. The number of hydrogen-bond acceptors (Lipinski definition) is 0. The Hall–Kier alpha value is 0.500. The van der Waals surface area contributed by atoms with Crippen molar-refractivity contribution >= 4 is 0 Å². The molecule has 0 aromatic rings. The third-order valence-electron chi connectivity index (χ3n) is 5.62. The van der Waals surface area contributed by atoms with Gasteiger partial charge < -0.3 is 33.8 Å². The fraction of sp³-hybridized carbons (Fsp3) is 1.00. The molecule has 0 aromatic carbocycles. The Morgan fingerprint density at radius 2 is 0.850 bits per heavy atom. The number of halogens is 2. The van der Waals surface area contributed by atoms with E-state index in [9.17, 15) is 0 Å². The second kappa shape index (κ2) is 9.50. The number of hydrogen-bond donors (Lipinski definition) is 0. The van der Waals surface area contributed by atoms with Crippen LogP contribution in [0.25, 0.3) is 0 Å². The molecule has 0 saturated carbocycles. The Kier molecular flexibility index (Phi) is 9.74. The fourth-order valence-corrected chi connectivity index (χ4v) is 4.01. The molecular weight excluding hydrogens is 291 g/mol. The van der Waals surface area contributed by atoms with Gasteiger partial charge in [-0.2, -0.15) is 0 Å². The minimum Gasteiger partial charge on any atom is -1.00 e. The molecule has 122 valence electrons. The number of quaternary nitrogens is 2. The molecule has 3 aliphatic rings. The van der Waals surface area contributed by atoms with E-state index in [0.29, 0.717) is 0 Å². The summed E-state index contributed by atoms with van der Waals surface area (Å²) in [6.45, 7) is 16.5. The quantitative estimate of drug-likeness (QED) is 0.330. The van der Waals surface area contributed by atoms with Crippen LogP contribution in [0.2, 0.25) is 0 Å². The van der Waals surface area contributed by atoms with Crippen LogP contribution in [-0.2, 0) is 0 Å². The van der Waals surface area contributed by atoms with E-state index < -0.39 is 0 Å². The second-order valence-electron chi connectivity index (χ2n) is 6.89. The molecule has 20 heavy (non-hydrogen) atoms. The third kappa shape index (κ3) is 5.05. The number of unbranched alkanes of at least 4 members (excludes halogenated alkanes) is 4. The lowest BCUT2D eigenvalue weighted by Crippen LogP contribution is -3.00. The molecular formula is C16H34Cl2N2. The first-order valence-electron chi connectivity index (χ1n) is 8.44.